The fourth-order valence-electron chi connectivity index (χ4n) is 2.78. The quantitative estimate of drug-likeness (QED) is 0.732. The van der Waals surface area contributed by atoms with Crippen LogP contribution in [0, 0.1) is 0 Å². The van der Waals surface area contributed by atoms with Gasteiger partial charge >= 0.3 is 5.97 Å². The second kappa shape index (κ2) is 4.63. The lowest BCUT2D eigenvalue weighted by molar-refractivity contribution is -0.147. The van der Waals surface area contributed by atoms with Crippen molar-refractivity contribution in [3.8, 4) is 0 Å². The predicted molar refractivity (Wildman–Crippen MR) is 66.2 cm³/mol. The predicted octanol–water partition coefficient (Wildman–Crippen LogP) is 1.18. The van der Waals surface area contributed by atoms with Crippen molar-refractivity contribution >= 4 is 5.97 Å². The molecule has 1 heterocycles. The van der Waals surface area contributed by atoms with Crippen LogP contribution in [-0.4, -0.2) is 36.2 Å². The number of carbonyl (C=O) groups excluding carboxylic acids is 1. The van der Waals surface area contributed by atoms with E-state index in [1.54, 1.807) is 0 Å². The Morgan fingerprint density at radius 2 is 2.41 bits per heavy atom. The molecule has 2 aliphatic rings. The van der Waals surface area contributed by atoms with E-state index in [2.05, 4.69) is 17.1 Å². The Bertz CT molecular complexity index is 376. The zero-order valence-electron chi connectivity index (χ0n) is 10.5. The van der Waals surface area contributed by atoms with Gasteiger partial charge in [-0.25, -0.2) is 0 Å². The van der Waals surface area contributed by atoms with E-state index >= 15 is 0 Å². The van der Waals surface area contributed by atoms with Crippen LogP contribution >= 0.6 is 0 Å². The Labute approximate surface area is 102 Å². The summed E-state index contributed by atoms with van der Waals surface area (Å²) in [5.74, 6) is -0.173. The summed E-state index contributed by atoms with van der Waals surface area (Å²) in [5.41, 5.74) is 7.04. The molecule has 17 heavy (non-hydrogen) atoms. The summed E-state index contributed by atoms with van der Waals surface area (Å²) in [6.07, 6.45) is 8.76. The van der Waals surface area contributed by atoms with Gasteiger partial charge in [0.1, 0.15) is 6.04 Å². The molecule has 0 radical (unpaired) electrons. The first-order valence-electron chi connectivity index (χ1n) is 6.06. The molecule has 0 unspecified atom stereocenters. The lowest BCUT2D eigenvalue weighted by atomic mass is 9.95. The van der Waals surface area contributed by atoms with Crippen molar-refractivity contribution < 1.29 is 9.53 Å². The van der Waals surface area contributed by atoms with Gasteiger partial charge in [-0.05, 0) is 25.8 Å². The number of rotatable bonds is 2. The highest BCUT2D eigenvalue weighted by atomic mass is 16.5. The lowest BCUT2D eigenvalue weighted by Crippen LogP contribution is -2.58. The standard InChI is InChI=1S/C13H20N2O2/c1-10-5-3-7-13(14,9-10)15-8-4-6-11(15)12(16)17-2/h3,5,9,11H,4,6-8,14H2,1-2H3/t11-,13+/m1/s1. The van der Waals surface area contributed by atoms with E-state index in [0.717, 1.165) is 31.4 Å². The smallest absolute Gasteiger partial charge is 0.323 e. The third-order valence-electron chi connectivity index (χ3n) is 3.56. The number of likely N-dealkylation sites (tertiary alicyclic amines) is 1. The summed E-state index contributed by atoms with van der Waals surface area (Å²) in [5, 5.41) is 0. The van der Waals surface area contributed by atoms with Crippen LogP contribution < -0.4 is 5.73 Å². The van der Waals surface area contributed by atoms with E-state index in [4.69, 9.17) is 10.5 Å². The Balaban J connectivity index is 2.21. The largest absolute Gasteiger partial charge is 0.468 e. The molecule has 0 bridgehead atoms. The van der Waals surface area contributed by atoms with Crippen LogP contribution in [0.3, 0.4) is 0 Å². The molecule has 2 rings (SSSR count). The third-order valence-corrected chi connectivity index (χ3v) is 3.56. The highest BCUT2D eigenvalue weighted by molar-refractivity contribution is 5.76. The number of allylic oxidation sites excluding steroid dienone is 2. The summed E-state index contributed by atoms with van der Waals surface area (Å²) < 4.78 is 4.85. The van der Waals surface area contributed by atoms with Crippen LogP contribution in [0.2, 0.25) is 0 Å². The van der Waals surface area contributed by atoms with E-state index in [1.807, 2.05) is 13.0 Å². The van der Waals surface area contributed by atoms with Gasteiger partial charge in [-0.3, -0.25) is 9.69 Å². The third kappa shape index (κ3) is 2.28. The van der Waals surface area contributed by atoms with Crippen LogP contribution in [0.5, 0.6) is 0 Å². The highest BCUT2D eigenvalue weighted by Crippen LogP contribution is 2.31. The molecule has 0 aromatic carbocycles. The molecule has 0 amide bonds. The first-order chi connectivity index (χ1) is 8.07. The lowest BCUT2D eigenvalue weighted by Gasteiger charge is -2.40. The van der Waals surface area contributed by atoms with E-state index in [-0.39, 0.29) is 12.0 Å². The van der Waals surface area contributed by atoms with Gasteiger partial charge in [-0.15, -0.1) is 0 Å². The number of ether oxygens (including phenoxy) is 1. The average Bonchev–Trinajstić information content (AvgIpc) is 2.77. The number of methoxy groups -OCH3 is 1. The Kier molecular flexibility index (Phi) is 3.35. The second-order valence-electron chi connectivity index (χ2n) is 4.86. The van der Waals surface area contributed by atoms with Crippen LogP contribution in [0.4, 0.5) is 0 Å². The average molecular weight is 236 g/mol. The summed E-state index contributed by atoms with van der Waals surface area (Å²) >= 11 is 0. The normalized spacial score (nSPS) is 33.6. The molecule has 2 N–H and O–H groups in total. The molecule has 0 saturated carbocycles. The minimum Gasteiger partial charge on any atom is -0.468 e. The Morgan fingerprint density at radius 3 is 3.06 bits per heavy atom. The number of carbonyl (C=O) groups is 1. The highest BCUT2D eigenvalue weighted by Gasteiger charge is 2.42. The van der Waals surface area contributed by atoms with Crippen molar-refractivity contribution in [3.63, 3.8) is 0 Å². The number of esters is 1. The number of nitrogens with zero attached hydrogens (tertiary/aromatic N) is 1. The van der Waals surface area contributed by atoms with Gasteiger partial charge in [0.05, 0.1) is 12.8 Å². The molecule has 1 aliphatic heterocycles. The van der Waals surface area contributed by atoms with E-state index in [0.29, 0.717) is 0 Å². The fraction of sp³-hybridized carbons (Fsp3) is 0.615. The van der Waals surface area contributed by atoms with Gasteiger partial charge in [0.2, 0.25) is 0 Å². The maximum Gasteiger partial charge on any atom is 0.323 e. The molecular formula is C13H20N2O2. The van der Waals surface area contributed by atoms with Crippen LogP contribution in [-0.2, 0) is 9.53 Å². The molecule has 94 valence electrons. The van der Waals surface area contributed by atoms with Gasteiger partial charge in [0.15, 0.2) is 0 Å². The molecule has 2 atom stereocenters. The minimum absolute atomic E-state index is 0.173. The van der Waals surface area contributed by atoms with Crippen molar-refractivity contribution in [2.75, 3.05) is 13.7 Å². The number of nitrogens with two attached hydrogens (primary N) is 1. The van der Waals surface area contributed by atoms with Gasteiger partial charge in [-0.2, -0.15) is 0 Å². The summed E-state index contributed by atoms with van der Waals surface area (Å²) in [6.45, 7) is 2.88. The van der Waals surface area contributed by atoms with Crippen LogP contribution in [0.15, 0.2) is 23.8 Å². The van der Waals surface area contributed by atoms with Gasteiger partial charge in [0.25, 0.3) is 0 Å². The maximum absolute atomic E-state index is 11.7. The van der Waals surface area contributed by atoms with E-state index in [1.165, 1.54) is 7.11 Å². The van der Waals surface area contributed by atoms with Gasteiger partial charge in [-0.1, -0.05) is 17.7 Å². The topological polar surface area (TPSA) is 55.6 Å². The number of hydrogen-bond acceptors (Lipinski definition) is 4. The fourth-order valence-corrected chi connectivity index (χ4v) is 2.78. The molecule has 1 saturated heterocycles. The zero-order valence-corrected chi connectivity index (χ0v) is 10.5. The SMILES string of the molecule is COC(=O)[C@H]1CCCN1[C@]1(N)C=C(C)C=CC1. The van der Waals surface area contributed by atoms with Gasteiger partial charge < -0.3 is 10.5 Å². The molecule has 1 fully saturated rings. The Morgan fingerprint density at radius 1 is 1.65 bits per heavy atom. The van der Waals surface area contributed by atoms with Crippen molar-refractivity contribution in [1.82, 2.24) is 4.90 Å². The zero-order chi connectivity index (χ0) is 12.5. The summed E-state index contributed by atoms with van der Waals surface area (Å²) in [6, 6.07) is -0.194. The van der Waals surface area contributed by atoms with E-state index < -0.39 is 5.66 Å². The summed E-state index contributed by atoms with van der Waals surface area (Å²) in [4.78, 5) is 13.8. The molecule has 1 aliphatic carbocycles. The molecular weight excluding hydrogens is 216 g/mol. The van der Waals surface area contributed by atoms with Crippen LogP contribution in [0.25, 0.3) is 0 Å². The number of hydrogen-bond donors (Lipinski definition) is 1. The molecule has 0 aromatic heterocycles. The first-order valence-corrected chi connectivity index (χ1v) is 6.06. The van der Waals surface area contributed by atoms with Crippen molar-refractivity contribution in [2.45, 2.75) is 37.9 Å². The first kappa shape index (κ1) is 12.3. The van der Waals surface area contributed by atoms with Crippen molar-refractivity contribution in [1.29, 1.82) is 0 Å². The maximum atomic E-state index is 11.7. The summed E-state index contributed by atoms with van der Waals surface area (Å²) in [7, 11) is 1.43. The Hall–Kier alpha value is -1.13. The van der Waals surface area contributed by atoms with Crippen LogP contribution in [0.1, 0.15) is 26.2 Å². The van der Waals surface area contributed by atoms with Crippen molar-refractivity contribution in [3.05, 3.63) is 23.8 Å². The monoisotopic (exact) mass is 236 g/mol. The second-order valence-corrected chi connectivity index (χ2v) is 4.86. The van der Waals surface area contributed by atoms with Crippen molar-refractivity contribution in [2.24, 2.45) is 5.73 Å². The van der Waals surface area contributed by atoms with Gasteiger partial charge in [0, 0.05) is 13.0 Å². The molecule has 0 aromatic rings. The van der Waals surface area contributed by atoms with E-state index in [9.17, 15) is 4.79 Å². The molecule has 4 nitrogen and oxygen atoms in total. The molecule has 0 spiro atoms. The minimum atomic E-state index is -0.534. The molecule has 4 heteroatoms.